The zero-order valence-electron chi connectivity index (χ0n) is 22.7. The van der Waals surface area contributed by atoms with Crippen molar-refractivity contribution in [2.24, 2.45) is 0 Å². The molecule has 0 N–H and O–H groups in total. The highest BCUT2D eigenvalue weighted by Gasteiger charge is 2.38. The number of hydrogen-bond donors (Lipinski definition) is 0. The number of ether oxygens (including phenoxy) is 2. The molecule has 3 aromatic rings. The van der Waals surface area contributed by atoms with Crippen LogP contribution in [0.4, 0.5) is 5.82 Å². The van der Waals surface area contributed by atoms with Gasteiger partial charge in [-0.15, -0.1) is 0 Å². The molecule has 1 saturated carbocycles. The molecule has 1 amide bonds. The van der Waals surface area contributed by atoms with Crippen LogP contribution in [0.2, 0.25) is 0 Å². The molecule has 0 spiro atoms. The van der Waals surface area contributed by atoms with Gasteiger partial charge >= 0.3 is 0 Å². The van der Waals surface area contributed by atoms with E-state index in [4.69, 9.17) is 26.7 Å². The molecular formula is C30H31N5O4S2. The summed E-state index contributed by atoms with van der Waals surface area (Å²) in [5.74, 6) is 2.10. The second kappa shape index (κ2) is 11.1. The van der Waals surface area contributed by atoms with Gasteiger partial charge in [0, 0.05) is 45.0 Å². The number of benzene rings is 1. The van der Waals surface area contributed by atoms with Crippen LogP contribution in [0, 0.1) is 0 Å². The highest BCUT2D eigenvalue weighted by Crippen LogP contribution is 2.38. The summed E-state index contributed by atoms with van der Waals surface area (Å²) in [5, 5.41) is 0. The van der Waals surface area contributed by atoms with E-state index in [1.165, 1.54) is 23.7 Å². The van der Waals surface area contributed by atoms with Crippen molar-refractivity contribution in [3.8, 4) is 11.5 Å². The fraction of sp³-hybridized carbons (Fsp3) is 0.400. The molecule has 7 rings (SSSR count). The quantitative estimate of drug-likeness (QED) is 0.320. The number of anilines is 1. The van der Waals surface area contributed by atoms with Gasteiger partial charge in [-0.25, -0.2) is 4.98 Å². The number of pyridine rings is 1. The fourth-order valence-corrected chi connectivity index (χ4v) is 7.52. The van der Waals surface area contributed by atoms with Crippen molar-refractivity contribution in [2.75, 3.05) is 37.9 Å². The largest absolute Gasteiger partial charge is 0.454 e. The van der Waals surface area contributed by atoms with Crippen LogP contribution in [-0.2, 0) is 11.3 Å². The van der Waals surface area contributed by atoms with Crippen molar-refractivity contribution in [1.29, 1.82) is 0 Å². The first-order valence-electron chi connectivity index (χ1n) is 14.2. The van der Waals surface area contributed by atoms with Crippen LogP contribution in [-0.4, -0.2) is 68.4 Å². The predicted octanol–water partition coefficient (Wildman–Crippen LogP) is 4.28. The lowest BCUT2D eigenvalue weighted by atomic mass is 9.94. The summed E-state index contributed by atoms with van der Waals surface area (Å²) in [5.41, 5.74) is 2.01. The first-order valence-corrected chi connectivity index (χ1v) is 15.4. The van der Waals surface area contributed by atoms with E-state index in [2.05, 4.69) is 15.9 Å². The van der Waals surface area contributed by atoms with Crippen LogP contribution < -0.4 is 19.9 Å². The monoisotopic (exact) mass is 589 g/mol. The SMILES string of the molecule is O=C1/C(=C\c2c(N3CCN(Cc4ccc5c(c4)OCO5)CC3)nc3ccccn3c2=O)SC(=S)N1C1CCCCC1. The van der Waals surface area contributed by atoms with Crippen molar-refractivity contribution >= 4 is 51.7 Å². The van der Waals surface area contributed by atoms with Crippen LogP contribution in [0.1, 0.15) is 43.2 Å². The van der Waals surface area contributed by atoms with Crippen LogP contribution in [0.5, 0.6) is 11.5 Å². The van der Waals surface area contributed by atoms with E-state index in [1.54, 1.807) is 21.6 Å². The Labute approximate surface area is 247 Å². The molecule has 11 heteroatoms. The lowest BCUT2D eigenvalue weighted by molar-refractivity contribution is -0.124. The molecule has 0 atom stereocenters. The Kier molecular flexibility index (Phi) is 7.18. The van der Waals surface area contributed by atoms with Gasteiger partial charge in [0.05, 0.1) is 10.5 Å². The van der Waals surface area contributed by atoms with E-state index < -0.39 is 0 Å². The number of hydrogen-bond acceptors (Lipinski definition) is 9. The van der Waals surface area contributed by atoms with Gasteiger partial charge in [-0.05, 0) is 48.7 Å². The molecule has 0 bridgehead atoms. The standard InChI is InChI=1S/C30H31N5O4S2/c36-28-22(17-25-29(37)35(30(40)41-25)21-6-2-1-3-7-21)27(31-26-8-4-5-11-34(26)28)33-14-12-32(13-15-33)18-20-9-10-23-24(16-20)39-19-38-23/h4-5,8-11,16-17,21H,1-3,6-7,12-15,18-19H2/b25-17+. The van der Waals surface area contributed by atoms with Crippen molar-refractivity contribution in [1.82, 2.24) is 19.2 Å². The van der Waals surface area contributed by atoms with Gasteiger partial charge in [0.1, 0.15) is 15.8 Å². The number of aromatic nitrogens is 2. The van der Waals surface area contributed by atoms with E-state index in [-0.39, 0.29) is 24.3 Å². The summed E-state index contributed by atoms with van der Waals surface area (Å²) in [6.45, 7) is 4.12. The molecule has 1 aromatic carbocycles. The van der Waals surface area contributed by atoms with Crippen LogP contribution >= 0.6 is 24.0 Å². The van der Waals surface area contributed by atoms with E-state index in [0.717, 1.165) is 56.8 Å². The number of nitrogens with zero attached hydrogens (tertiary/aromatic N) is 5. The van der Waals surface area contributed by atoms with Crippen LogP contribution in [0.3, 0.4) is 0 Å². The number of carbonyl (C=O) groups is 1. The van der Waals surface area contributed by atoms with Crippen molar-refractivity contribution in [2.45, 2.75) is 44.7 Å². The maximum atomic E-state index is 13.8. The molecular weight excluding hydrogens is 558 g/mol. The van der Waals surface area contributed by atoms with Gasteiger partial charge in [0.15, 0.2) is 11.5 Å². The molecule has 212 valence electrons. The number of piperazine rings is 1. The first-order chi connectivity index (χ1) is 20.0. The zero-order chi connectivity index (χ0) is 27.9. The molecule has 5 heterocycles. The molecule has 1 aliphatic carbocycles. The Balaban J connectivity index is 1.15. The van der Waals surface area contributed by atoms with Crippen LogP contribution in [0.25, 0.3) is 11.7 Å². The maximum absolute atomic E-state index is 13.8. The van der Waals surface area contributed by atoms with Gasteiger partial charge in [-0.3, -0.25) is 23.8 Å². The summed E-state index contributed by atoms with van der Waals surface area (Å²) < 4.78 is 13.1. The first kappa shape index (κ1) is 26.5. The summed E-state index contributed by atoms with van der Waals surface area (Å²) in [7, 11) is 0. The van der Waals surface area contributed by atoms with E-state index in [1.807, 2.05) is 30.3 Å². The average Bonchev–Trinajstić information content (AvgIpc) is 3.58. The number of fused-ring (bicyclic) bond motifs is 2. The number of carbonyl (C=O) groups excluding carboxylic acids is 1. The summed E-state index contributed by atoms with van der Waals surface area (Å²) in [6, 6.07) is 11.8. The van der Waals surface area contributed by atoms with Gasteiger partial charge in [0.2, 0.25) is 6.79 Å². The average molecular weight is 590 g/mol. The molecule has 41 heavy (non-hydrogen) atoms. The van der Waals surface area contributed by atoms with Crippen LogP contribution in [0.15, 0.2) is 52.3 Å². The van der Waals surface area contributed by atoms with Gasteiger partial charge < -0.3 is 14.4 Å². The molecule has 2 aromatic heterocycles. The van der Waals surface area contributed by atoms with Gasteiger partial charge in [0.25, 0.3) is 11.5 Å². The van der Waals surface area contributed by atoms with Crippen molar-refractivity contribution in [3.63, 3.8) is 0 Å². The minimum Gasteiger partial charge on any atom is -0.454 e. The lowest BCUT2D eigenvalue weighted by Gasteiger charge is -2.36. The van der Waals surface area contributed by atoms with Gasteiger partial charge in [-0.2, -0.15) is 0 Å². The van der Waals surface area contributed by atoms with Crippen molar-refractivity contribution < 1.29 is 14.3 Å². The van der Waals surface area contributed by atoms with E-state index >= 15 is 0 Å². The van der Waals surface area contributed by atoms with Gasteiger partial charge in [-0.1, -0.05) is 55.4 Å². The molecule has 4 aliphatic rings. The Morgan fingerprint density at radius 2 is 1.80 bits per heavy atom. The summed E-state index contributed by atoms with van der Waals surface area (Å²) >= 11 is 6.95. The summed E-state index contributed by atoms with van der Waals surface area (Å²) in [6.07, 6.45) is 8.83. The highest BCUT2D eigenvalue weighted by atomic mass is 32.2. The molecule has 3 aliphatic heterocycles. The summed E-state index contributed by atoms with van der Waals surface area (Å²) in [4.78, 5) is 39.1. The number of thioether (sulfide) groups is 1. The third-order valence-corrected chi connectivity index (χ3v) is 9.63. The normalized spacial score (nSPS) is 21.0. The highest BCUT2D eigenvalue weighted by molar-refractivity contribution is 8.26. The molecule has 9 nitrogen and oxygen atoms in total. The Morgan fingerprint density at radius 1 is 1.00 bits per heavy atom. The minimum absolute atomic E-state index is 0.0936. The molecule has 2 saturated heterocycles. The smallest absolute Gasteiger partial charge is 0.267 e. The zero-order valence-corrected chi connectivity index (χ0v) is 24.3. The van der Waals surface area contributed by atoms with Crippen molar-refractivity contribution in [3.05, 3.63) is 69.0 Å². The third kappa shape index (κ3) is 5.11. The Hall–Kier alpha value is -3.41. The van der Waals surface area contributed by atoms with E-state index in [9.17, 15) is 9.59 Å². The molecule has 0 unspecified atom stereocenters. The Bertz CT molecular complexity index is 1610. The minimum atomic E-state index is -0.184. The number of rotatable bonds is 5. The lowest BCUT2D eigenvalue weighted by Crippen LogP contribution is -2.47. The van der Waals surface area contributed by atoms with E-state index in [0.29, 0.717) is 39.3 Å². The molecule has 0 radical (unpaired) electrons. The second-order valence-electron chi connectivity index (χ2n) is 10.9. The number of amides is 1. The number of thiocarbonyl (C=S) groups is 1. The second-order valence-corrected chi connectivity index (χ2v) is 12.6. The fourth-order valence-electron chi connectivity index (χ4n) is 6.14. The predicted molar refractivity (Wildman–Crippen MR) is 163 cm³/mol. The third-order valence-electron chi connectivity index (χ3n) is 8.30. The maximum Gasteiger partial charge on any atom is 0.267 e. The topological polar surface area (TPSA) is 79.6 Å². The molecule has 3 fully saturated rings. The Morgan fingerprint density at radius 3 is 2.63 bits per heavy atom.